The maximum absolute atomic E-state index is 11.2. The van der Waals surface area contributed by atoms with Crippen LogP contribution >= 0.6 is 0 Å². The number of benzene rings is 1. The third-order valence-corrected chi connectivity index (χ3v) is 3.54. The molecule has 0 aromatic heterocycles. The quantitative estimate of drug-likeness (QED) is 0.800. The van der Waals surface area contributed by atoms with Crippen LogP contribution in [0.25, 0.3) is 0 Å². The van der Waals surface area contributed by atoms with Gasteiger partial charge in [-0.15, -0.1) is 0 Å². The summed E-state index contributed by atoms with van der Waals surface area (Å²) in [4.78, 5) is 24.0. The zero-order chi connectivity index (χ0) is 15.3. The molecule has 0 radical (unpaired) electrons. The van der Waals surface area contributed by atoms with Gasteiger partial charge in [0.2, 0.25) is 0 Å². The van der Waals surface area contributed by atoms with Crippen LogP contribution in [0.2, 0.25) is 0 Å². The van der Waals surface area contributed by atoms with E-state index >= 15 is 0 Å². The molecule has 0 fully saturated rings. The van der Waals surface area contributed by atoms with Gasteiger partial charge in [-0.05, 0) is 19.4 Å². The van der Waals surface area contributed by atoms with Gasteiger partial charge in [0.25, 0.3) is 0 Å². The molecule has 1 aromatic carbocycles. The largest absolute Gasteiger partial charge is 0.481 e. The Labute approximate surface area is 118 Å². The van der Waals surface area contributed by atoms with Gasteiger partial charge in [0.05, 0.1) is 5.92 Å². The van der Waals surface area contributed by atoms with Crippen molar-refractivity contribution < 1.29 is 19.8 Å². The molecule has 0 saturated heterocycles. The highest BCUT2D eigenvalue weighted by Crippen LogP contribution is 2.23. The van der Waals surface area contributed by atoms with Gasteiger partial charge in [-0.1, -0.05) is 37.3 Å². The second kappa shape index (κ2) is 7.05. The predicted octanol–water partition coefficient (Wildman–Crippen LogP) is 2.24. The number of rotatable bonds is 7. The van der Waals surface area contributed by atoms with Gasteiger partial charge in [-0.2, -0.15) is 0 Å². The Morgan fingerprint density at radius 2 is 1.60 bits per heavy atom. The van der Waals surface area contributed by atoms with Crippen LogP contribution in [0, 0.1) is 5.92 Å². The monoisotopic (exact) mass is 279 g/mol. The van der Waals surface area contributed by atoms with Gasteiger partial charge in [0.15, 0.2) is 0 Å². The Bertz CT molecular complexity index is 460. The van der Waals surface area contributed by atoms with E-state index < -0.39 is 23.9 Å². The molecular weight excluding hydrogens is 258 g/mol. The molecule has 1 aromatic rings. The van der Waals surface area contributed by atoms with Gasteiger partial charge < -0.3 is 10.2 Å². The summed E-state index contributed by atoms with van der Waals surface area (Å²) in [6.07, 6.45) is 0. The molecule has 3 unspecified atom stereocenters. The van der Waals surface area contributed by atoms with Crippen LogP contribution in [0.3, 0.4) is 0 Å². The predicted molar refractivity (Wildman–Crippen MR) is 75.5 cm³/mol. The molecule has 5 nitrogen and oxygen atoms in total. The first-order chi connectivity index (χ1) is 9.34. The molecule has 0 spiro atoms. The SMILES string of the molecule is CC(CN(C(C)C(=O)O)C(C)c1ccccc1)C(=O)O. The lowest BCUT2D eigenvalue weighted by molar-refractivity contribution is -0.147. The fraction of sp³-hybridized carbons (Fsp3) is 0.467. The molecule has 0 aliphatic rings. The lowest BCUT2D eigenvalue weighted by Crippen LogP contribution is -2.44. The highest BCUT2D eigenvalue weighted by atomic mass is 16.4. The Balaban J connectivity index is 2.98. The molecule has 0 saturated carbocycles. The number of hydrogen-bond donors (Lipinski definition) is 2. The molecule has 0 heterocycles. The van der Waals surface area contributed by atoms with Crippen molar-refractivity contribution in [2.45, 2.75) is 32.9 Å². The number of aliphatic carboxylic acids is 2. The van der Waals surface area contributed by atoms with Crippen LogP contribution < -0.4 is 0 Å². The zero-order valence-electron chi connectivity index (χ0n) is 12.0. The van der Waals surface area contributed by atoms with Gasteiger partial charge in [0.1, 0.15) is 6.04 Å². The summed E-state index contributed by atoms with van der Waals surface area (Å²) in [7, 11) is 0. The molecule has 1 rings (SSSR count). The second-order valence-electron chi connectivity index (χ2n) is 5.04. The molecule has 20 heavy (non-hydrogen) atoms. The average molecular weight is 279 g/mol. The average Bonchev–Trinajstić information content (AvgIpc) is 2.43. The minimum atomic E-state index is -0.953. The van der Waals surface area contributed by atoms with Crippen LogP contribution in [0.1, 0.15) is 32.4 Å². The smallest absolute Gasteiger partial charge is 0.320 e. The number of carbonyl (C=O) groups is 2. The first kappa shape index (κ1) is 16.2. The molecule has 0 amide bonds. The van der Waals surface area contributed by atoms with Crippen molar-refractivity contribution in [3.05, 3.63) is 35.9 Å². The molecule has 2 N–H and O–H groups in total. The summed E-state index contributed by atoms with van der Waals surface area (Å²) in [6.45, 7) is 5.25. The number of carboxylic acid groups (broad SMARTS) is 2. The first-order valence-corrected chi connectivity index (χ1v) is 6.61. The van der Waals surface area contributed by atoms with E-state index in [1.54, 1.807) is 18.7 Å². The second-order valence-corrected chi connectivity index (χ2v) is 5.04. The Hall–Kier alpha value is -1.88. The molecule has 0 bridgehead atoms. The van der Waals surface area contributed by atoms with Crippen molar-refractivity contribution in [1.29, 1.82) is 0 Å². The van der Waals surface area contributed by atoms with E-state index in [-0.39, 0.29) is 12.6 Å². The van der Waals surface area contributed by atoms with E-state index in [1.807, 2.05) is 37.3 Å². The summed E-state index contributed by atoms with van der Waals surface area (Å²) >= 11 is 0. The lowest BCUT2D eigenvalue weighted by atomic mass is 10.0. The van der Waals surface area contributed by atoms with Crippen LogP contribution in [0.5, 0.6) is 0 Å². The van der Waals surface area contributed by atoms with Crippen molar-refractivity contribution in [1.82, 2.24) is 4.90 Å². The van der Waals surface area contributed by atoms with Crippen molar-refractivity contribution in [2.75, 3.05) is 6.54 Å². The van der Waals surface area contributed by atoms with Gasteiger partial charge in [0, 0.05) is 12.6 Å². The normalized spacial score (nSPS) is 15.6. The third-order valence-electron chi connectivity index (χ3n) is 3.54. The van der Waals surface area contributed by atoms with Crippen molar-refractivity contribution >= 4 is 11.9 Å². The fourth-order valence-electron chi connectivity index (χ4n) is 2.11. The van der Waals surface area contributed by atoms with Gasteiger partial charge in [-0.25, -0.2) is 0 Å². The van der Waals surface area contributed by atoms with Crippen LogP contribution in [-0.4, -0.2) is 39.6 Å². The minimum Gasteiger partial charge on any atom is -0.481 e. The summed E-state index contributed by atoms with van der Waals surface area (Å²) in [5, 5.41) is 18.2. The van der Waals surface area contributed by atoms with Crippen LogP contribution in [-0.2, 0) is 9.59 Å². The number of carboxylic acids is 2. The maximum Gasteiger partial charge on any atom is 0.320 e. The fourth-order valence-corrected chi connectivity index (χ4v) is 2.11. The number of nitrogens with zero attached hydrogens (tertiary/aromatic N) is 1. The molecule has 110 valence electrons. The standard InChI is InChI=1S/C15H21NO4/c1-10(14(17)18)9-16(12(3)15(19)20)11(2)13-7-5-4-6-8-13/h4-8,10-12H,9H2,1-3H3,(H,17,18)(H,19,20). The lowest BCUT2D eigenvalue weighted by Gasteiger charge is -2.33. The van der Waals surface area contributed by atoms with Crippen molar-refractivity contribution in [2.24, 2.45) is 5.92 Å². The molecule has 3 atom stereocenters. The topological polar surface area (TPSA) is 77.8 Å². The van der Waals surface area contributed by atoms with Crippen molar-refractivity contribution in [3.8, 4) is 0 Å². The van der Waals surface area contributed by atoms with Gasteiger partial charge in [-0.3, -0.25) is 14.5 Å². The Morgan fingerprint density at radius 3 is 2.05 bits per heavy atom. The Kier molecular flexibility index (Phi) is 5.70. The minimum absolute atomic E-state index is 0.163. The van der Waals surface area contributed by atoms with E-state index in [2.05, 4.69) is 0 Å². The van der Waals surface area contributed by atoms with E-state index in [0.717, 1.165) is 5.56 Å². The van der Waals surface area contributed by atoms with Gasteiger partial charge >= 0.3 is 11.9 Å². The third kappa shape index (κ3) is 4.06. The molecule has 0 aliphatic heterocycles. The van der Waals surface area contributed by atoms with Crippen LogP contribution in [0.4, 0.5) is 0 Å². The van der Waals surface area contributed by atoms with E-state index in [1.165, 1.54) is 0 Å². The number of hydrogen-bond acceptors (Lipinski definition) is 3. The highest BCUT2D eigenvalue weighted by Gasteiger charge is 2.29. The summed E-state index contributed by atoms with van der Waals surface area (Å²) in [6, 6.07) is 8.58. The van der Waals surface area contributed by atoms with E-state index in [9.17, 15) is 14.7 Å². The zero-order valence-corrected chi connectivity index (χ0v) is 12.0. The Morgan fingerprint density at radius 1 is 1.05 bits per heavy atom. The molecule has 5 heteroatoms. The first-order valence-electron chi connectivity index (χ1n) is 6.61. The summed E-state index contributed by atoms with van der Waals surface area (Å²) < 4.78 is 0. The van der Waals surface area contributed by atoms with Crippen LogP contribution in [0.15, 0.2) is 30.3 Å². The summed E-state index contributed by atoms with van der Waals surface area (Å²) in [5.41, 5.74) is 0.971. The van der Waals surface area contributed by atoms with E-state index in [4.69, 9.17) is 5.11 Å². The maximum atomic E-state index is 11.2. The van der Waals surface area contributed by atoms with E-state index in [0.29, 0.717) is 0 Å². The summed E-state index contributed by atoms with van der Waals surface area (Å²) in [5.74, 6) is -2.50. The highest BCUT2D eigenvalue weighted by molar-refractivity contribution is 5.73. The molecular formula is C15H21NO4. The van der Waals surface area contributed by atoms with Crippen molar-refractivity contribution in [3.63, 3.8) is 0 Å². The molecule has 0 aliphatic carbocycles.